The summed E-state index contributed by atoms with van der Waals surface area (Å²) in [7, 11) is 0. The third-order valence-corrected chi connectivity index (χ3v) is 1.96. The largest absolute Gasteiger partial charge is 0.478 e. The number of nitrogens with one attached hydrogen (secondary N) is 1. The molecule has 4 nitrogen and oxygen atoms in total. The van der Waals surface area contributed by atoms with Crippen LogP contribution in [0.1, 0.15) is 33.0 Å². The van der Waals surface area contributed by atoms with Gasteiger partial charge in [-0.25, -0.2) is 4.98 Å². The molecule has 1 rings (SSSR count). The van der Waals surface area contributed by atoms with Crippen LogP contribution in [0, 0.1) is 12.8 Å². The van der Waals surface area contributed by atoms with Gasteiger partial charge in [0.25, 0.3) is 0 Å². The van der Waals surface area contributed by atoms with Crippen molar-refractivity contribution in [3.63, 3.8) is 0 Å². The molecule has 0 aliphatic carbocycles. The Labute approximate surface area is 97.5 Å². The van der Waals surface area contributed by atoms with Crippen LogP contribution in [0.25, 0.3) is 0 Å². The number of hydrogen-bond acceptors (Lipinski definition) is 4. The molecule has 1 aromatic rings. The summed E-state index contributed by atoms with van der Waals surface area (Å²) in [6.45, 7) is 9.88. The van der Waals surface area contributed by atoms with Crippen LogP contribution in [0.3, 0.4) is 0 Å². The van der Waals surface area contributed by atoms with Gasteiger partial charge in [0, 0.05) is 12.6 Å². The van der Waals surface area contributed by atoms with Gasteiger partial charge in [-0.3, -0.25) is 0 Å². The van der Waals surface area contributed by atoms with E-state index in [1.807, 2.05) is 13.0 Å². The Hall–Kier alpha value is -1.32. The lowest BCUT2D eigenvalue weighted by Crippen LogP contribution is -2.10. The van der Waals surface area contributed by atoms with E-state index in [2.05, 4.69) is 36.1 Å². The Morgan fingerprint density at radius 1 is 1.38 bits per heavy atom. The number of anilines is 1. The van der Waals surface area contributed by atoms with Gasteiger partial charge in [0.05, 0.1) is 6.61 Å². The standard InChI is InChI=1S/C12H21N3O/c1-5-6-16-12-7-11(13-8-9(2)3)14-10(4)15-12/h7,9H,5-6,8H2,1-4H3,(H,13,14,15). The molecule has 0 spiro atoms. The molecule has 1 heterocycles. The second-order valence-corrected chi connectivity index (χ2v) is 4.26. The number of hydrogen-bond donors (Lipinski definition) is 1. The van der Waals surface area contributed by atoms with Crippen molar-refractivity contribution >= 4 is 5.82 Å². The smallest absolute Gasteiger partial charge is 0.218 e. The summed E-state index contributed by atoms with van der Waals surface area (Å²) >= 11 is 0. The monoisotopic (exact) mass is 223 g/mol. The molecule has 0 bridgehead atoms. The maximum atomic E-state index is 5.49. The quantitative estimate of drug-likeness (QED) is 0.805. The van der Waals surface area contributed by atoms with Crippen LogP contribution < -0.4 is 10.1 Å². The number of ether oxygens (including phenoxy) is 1. The van der Waals surface area contributed by atoms with Gasteiger partial charge in [-0.05, 0) is 19.3 Å². The van der Waals surface area contributed by atoms with E-state index in [1.165, 1.54) is 0 Å². The molecule has 0 fully saturated rings. The van der Waals surface area contributed by atoms with E-state index in [-0.39, 0.29) is 0 Å². The maximum absolute atomic E-state index is 5.49. The second-order valence-electron chi connectivity index (χ2n) is 4.26. The normalized spacial score (nSPS) is 10.6. The highest BCUT2D eigenvalue weighted by molar-refractivity contribution is 5.38. The minimum absolute atomic E-state index is 0.593. The zero-order valence-electron chi connectivity index (χ0n) is 10.6. The highest BCUT2D eigenvalue weighted by Gasteiger charge is 2.03. The lowest BCUT2D eigenvalue weighted by Gasteiger charge is -2.10. The van der Waals surface area contributed by atoms with E-state index >= 15 is 0 Å². The van der Waals surface area contributed by atoms with Gasteiger partial charge >= 0.3 is 0 Å². The zero-order chi connectivity index (χ0) is 12.0. The van der Waals surface area contributed by atoms with Crippen molar-refractivity contribution in [3.8, 4) is 5.88 Å². The predicted molar refractivity (Wildman–Crippen MR) is 65.9 cm³/mol. The molecule has 1 aromatic heterocycles. The van der Waals surface area contributed by atoms with Crippen molar-refractivity contribution in [3.05, 3.63) is 11.9 Å². The van der Waals surface area contributed by atoms with E-state index in [0.29, 0.717) is 18.4 Å². The Balaban J connectivity index is 2.65. The predicted octanol–water partition coefficient (Wildman–Crippen LogP) is 2.64. The van der Waals surface area contributed by atoms with Crippen molar-refractivity contribution in [1.29, 1.82) is 0 Å². The Morgan fingerprint density at radius 3 is 2.75 bits per heavy atom. The van der Waals surface area contributed by atoms with Crippen LogP contribution in [-0.2, 0) is 0 Å². The van der Waals surface area contributed by atoms with Crippen LogP contribution in [-0.4, -0.2) is 23.1 Å². The summed E-state index contributed by atoms with van der Waals surface area (Å²) in [5.41, 5.74) is 0. The molecule has 0 saturated carbocycles. The van der Waals surface area contributed by atoms with Gasteiger partial charge in [0.2, 0.25) is 5.88 Å². The van der Waals surface area contributed by atoms with Crippen LogP contribution >= 0.6 is 0 Å². The van der Waals surface area contributed by atoms with Crippen molar-refractivity contribution < 1.29 is 4.74 Å². The average molecular weight is 223 g/mol. The molecule has 0 radical (unpaired) electrons. The molecule has 4 heteroatoms. The lowest BCUT2D eigenvalue weighted by atomic mass is 10.2. The average Bonchev–Trinajstić information content (AvgIpc) is 2.23. The highest BCUT2D eigenvalue weighted by Crippen LogP contribution is 2.13. The highest BCUT2D eigenvalue weighted by atomic mass is 16.5. The van der Waals surface area contributed by atoms with Crippen LogP contribution in [0.2, 0.25) is 0 Å². The van der Waals surface area contributed by atoms with E-state index < -0.39 is 0 Å². The van der Waals surface area contributed by atoms with Crippen molar-refractivity contribution in [1.82, 2.24) is 9.97 Å². The third-order valence-electron chi connectivity index (χ3n) is 1.96. The summed E-state index contributed by atoms with van der Waals surface area (Å²) in [5, 5.41) is 3.27. The van der Waals surface area contributed by atoms with E-state index in [9.17, 15) is 0 Å². The molecule has 1 N–H and O–H groups in total. The molecule has 16 heavy (non-hydrogen) atoms. The SMILES string of the molecule is CCCOc1cc(NCC(C)C)nc(C)n1. The Morgan fingerprint density at radius 2 is 2.12 bits per heavy atom. The van der Waals surface area contributed by atoms with E-state index in [0.717, 1.165) is 24.6 Å². The molecular formula is C12H21N3O. The summed E-state index contributed by atoms with van der Waals surface area (Å²) in [6, 6.07) is 1.85. The fourth-order valence-electron chi connectivity index (χ4n) is 1.22. The first-order chi connectivity index (χ1) is 7.61. The molecule has 90 valence electrons. The molecule has 0 amide bonds. The van der Waals surface area contributed by atoms with Gasteiger partial charge in [-0.15, -0.1) is 0 Å². The summed E-state index contributed by atoms with van der Waals surface area (Å²) in [6.07, 6.45) is 0.984. The van der Waals surface area contributed by atoms with Gasteiger partial charge in [0.1, 0.15) is 11.6 Å². The Kier molecular flexibility index (Phi) is 5.02. The lowest BCUT2D eigenvalue weighted by molar-refractivity contribution is 0.304. The topological polar surface area (TPSA) is 47.0 Å². The van der Waals surface area contributed by atoms with Gasteiger partial charge in [-0.2, -0.15) is 4.98 Å². The van der Waals surface area contributed by atoms with Crippen molar-refractivity contribution in [2.45, 2.75) is 34.1 Å². The molecular weight excluding hydrogens is 202 g/mol. The van der Waals surface area contributed by atoms with Crippen LogP contribution in [0.4, 0.5) is 5.82 Å². The molecule has 0 atom stereocenters. The van der Waals surface area contributed by atoms with E-state index in [1.54, 1.807) is 0 Å². The number of aryl methyl sites for hydroxylation is 1. The van der Waals surface area contributed by atoms with Crippen molar-refractivity contribution in [2.75, 3.05) is 18.5 Å². The van der Waals surface area contributed by atoms with Gasteiger partial charge in [-0.1, -0.05) is 20.8 Å². The van der Waals surface area contributed by atoms with Crippen molar-refractivity contribution in [2.24, 2.45) is 5.92 Å². The van der Waals surface area contributed by atoms with Gasteiger partial charge in [0.15, 0.2) is 0 Å². The molecule has 0 saturated heterocycles. The number of rotatable bonds is 6. The number of nitrogens with zero attached hydrogens (tertiary/aromatic N) is 2. The fraction of sp³-hybridized carbons (Fsp3) is 0.667. The molecule has 0 aliphatic rings. The van der Waals surface area contributed by atoms with E-state index in [4.69, 9.17) is 4.74 Å². The minimum Gasteiger partial charge on any atom is -0.478 e. The number of aromatic nitrogens is 2. The fourth-order valence-corrected chi connectivity index (χ4v) is 1.22. The molecule has 0 aliphatic heterocycles. The second kappa shape index (κ2) is 6.30. The van der Waals surface area contributed by atoms with Crippen LogP contribution in [0.5, 0.6) is 5.88 Å². The first-order valence-electron chi connectivity index (χ1n) is 5.84. The first-order valence-corrected chi connectivity index (χ1v) is 5.84. The Bertz CT molecular complexity index is 326. The van der Waals surface area contributed by atoms with Crippen LogP contribution in [0.15, 0.2) is 6.07 Å². The third kappa shape index (κ3) is 4.47. The summed E-state index contributed by atoms with van der Waals surface area (Å²) in [4.78, 5) is 8.54. The zero-order valence-corrected chi connectivity index (χ0v) is 10.6. The molecule has 0 aromatic carbocycles. The molecule has 0 unspecified atom stereocenters. The summed E-state index contributed by atoms with van der Waals surface area (Å²) < 4.78 is 5.49. The summed E-state index contributed by atoms with van der Waals surface area (Å²) in [5.74, 6) is 2.82. The van der Waals surface area contributed by atoms with Gasteiger partial charge < -0.3 is 10.1 Å². The first kappa shape index (κ1) is 12.7. The maximum Gasteiger partial charge on any atom is 0.218 e. The minimum atomic E-state index is 0.593.